The summed E-state index contributed by atoms with van der Waals surface area (Å²) in [5.74, 6) is 1.58. The van der Waals surface area contributed by atoms with Crippen LogP contribution < -0.4 is 10.6 Å². The van der Waals surface area contributed by atoms with Crippen molar-refractivity contribution in [1.82, 2.24) is 10.6 Å². The molecule has 0 aliphatic carbocycles. The summed E-state index contributed by atoms with van der Waals surface area (Å²) >= 11 is 0. The average Bonchev–Trinajstić information content (AvgIpc) is 1.82. The lowest BCUT2D eigenvalue weighted by Crippen LogP contribution is -2.47. The Hall–Kier alpha value is 0.0700. The molecule has 1 unspecified atom stereocenters. The maximum absolute atomic E-state index is 10.6. The Morgan fingerprint density at radius 3 is 2.82 bits per heavy atom. The number of hydrogen-bond donors (Lipinski definition) is 2. The van der Waals surface area contributed by atoms with Crippen molar-refractivity contribution >= 4 is 10.8 Å². The monoisotopic (exact) mass is 176 g/mol. The van der Waals surface area contributed by atoms with E-state index in [9.17, 15) is 4.21 Å². The van der Waals surface area contributed by atoms with Gasteiger partial charge in [0.25, 0.3) is 0 Å². The third-order valence-electron chi connectivity index (χ3n) is 1.87. The molecule has 0 bridgehead atoms. The highest BCUT2D eigenvalue weighted by Gasteiger charge is 2.14. The van der Waals surface area contributed by atoms with Gasteiger partial charge in [-0.05, 0) is 5.92 Å². The first-order valence-electron chi connectivity index (χ1n) is 4.00. The zero-order valence-electron chi connectivity index (χ0n) is 6.93. The van der Waals surface area contributed by atoms with Crippen LogP contribution in [0.4, 0.5) is 0 Å². The van der Waals surface area contributed by atoms with Crippen LogP contribution in [0.1, 0.15) is 0 Å². The standard InChI is InChI=1S/C7H16N2OS/c1-11(10)3-2-8-4-7-5-9-6-7/h7-9H,2-6H2,1H3. The van der Waals surface area contributed by atoms with Crippen LogP contribution in [0.3, 0.4) is 0 Å². The van der Waals surface area contributed by atoms with E-state index in [4.69, 9.17) is 0 Å². The molecule has 2 N–H and O–H groups in total. The second-order valence-electron chi connectivity index (χ2n) is 3.01. The zero-order valence-corrected chi connectivity index (χ0v) is 7.75. The molecule has 3 nitrogen and oxygen atoms in total. The van der Waals surface area contributed by atoms with E-state index >= 15 is 0 Å². The van der Waals surface area contributed by atoms with Gasteiger partial charge in [0.15, 0.2) is 0 Å². The molecular formula is C7H16N2OS. The quantitative estimate of drug-likeness (QED) is 0.537. The molecule has 0 amide bonds. The summed E-state index contributed by atoms with van der Waals surface area (Å²) in [6, 6.07) is 0. The molecule has 66 valence electrons. The van der Waals surface area contributed by atoms with Gasteiger partial charge in [0.2, 0.25) is 0 Å². The maximum Gasteiger partial charge on any atom is 0.0357 e. The van der Waals surface area contributed by atoms with E-state index in [0.717, 1.165) is 37.8 Å². The fraction of sp³-hybridized carbons (Fsp3) is 1.00. The Morgan fingerprint density at radius 1 is 1.64 bits per heavy atom. The van der Waals surface area contributed by atoms with Crippen molar-refractivity contribution < 1.29 is 4.21 Å². The van der Waals surface area contributed by atoms with Gasteiger partial charge in [-0.15, -0.1) is 0 Å². The van der Waals surface area contributed by atoms with Crippen molar-refractivity contribution in [3.8, 4) is 0 Å². The maximum atomic E-state index is 10.6. The molecule has 4 heteroatoms. The Morgan fingerprint density at radius 2 is 2.36 bits per heavy atom. The minimum absolute atomic E-state index is 0.642. The predicted molar refractivity (Wildman–Crippen MR) is 48.2 cm³/mol. The molecule has 1 saturated heterocycles. The topological polar surface area (TPSA) is 41.1 Å². The highest BCUT2D eigenvalue weighted by molar-refractivity contribution is 7.84. The molecule has 1 fully saturated rings. The lowest BCUT2D eigenvalue weighted by atomic mass is 10.0. The van der Waals surface area contributed by atoms with E-state index in [2.05, 4.69) is 10.6 Å². The summed E-state index contributed by atoms with van der Waals surface area (Å²) in [6.07, 6.45) is 1.74. The third-order valence-corrected chi connectivity index (χ3v) is 2.64. The van der Waals surface area contributed by atoms with E-state index in [0.29, 0.717) is 0 Å². The Labute approximate surface area is 70.4 Å². The summed E-state index contributed by atoms with van der Waals surface area (Å²) < 4.78 is 10.6. The lowest BCUT2D eigenvalue weighted by molar-refractivity contribution is 0.334. The van der Waals surface area contributed by atoms with Gasteiger partial charge in [-0.25, -0.2) is 0 Å². The van der Waals surface area contributed by atoms with Gasteiger partial charge in [-0.3, -0.25) is 4.21 Å². The first-order valence-corrected chi connectivity index (χ1v) is 5.73. The van der Waals surface area contributed by atoms with Gasteiger partial charge >= 0.3 is 0 Å². The summed E-state index contributed by atoms with van der Waals surface area (Å²) in [5, 5.41) is 6.50. The lowest BCUT2D eigenvalue weighted by Gasteiger charge is -2.27. The van der Waals surface area contributed by atoms with Crippen molar-refractivity contribution in [2.75, 3.05) is 38.2 Å². The van der Waals surface area contributed by atoms with Crippen molar-refractivity contribution in [2.45, 2.75) is 0 Å². The van der Waals surface area contributed by atoms with Crippen LogP contribution >= 0.6 is 0 Å². The van der Waals surface area contributed by atoms with Crippen LogP contribution in [-0.4, -0.2) is 42.4 Å². The highest BCUT2D eigenvalue weighted by Crippen LogP contribution is 1.98. The summed E-state index contributed by atoms with van der Waals surface area (Å²) in [7, 11) is -0.642. The minimum Gasteiger partial charge on any atom is -0.316 e. The molecule has 11 heavy (non-hydrogen) atoms. The number of hydrogen-bond acceptors (Lipinski definition) is 3. The smallest absolute Gasteiger partial charge is 0.0357 e. The largest absolute Gasteiger partial charge is 0.316 e. The van der Waals surface area contributed by atoms with E-state index in [1.165, 1.54) is 0 Å². The SMILES string of the molecule is CS(=O)CCNCC1CNC1. The normalized spacial score (nSPS) is 21.2. The predicted octanol–water partition coefficient (Wildman–Crippen LogP) is -0.826. The molecular weight excluding hydrogens is 160 g/mol. The molecule has 0 aromatic rings. The molecule has 0 aromatic heterocycles. The second-order valence-corrected chi connectivity index (χ2v) is 4.56. The van der Waals surface area contributed by atoms with Crippen molar-refractivity contribution in [3.63, 3.8) is 0 Å². The van der Waals surface area contributed by atoms with Gasteiger partial charge in [-0.1, -0.05) is 0 Å². The molecule has 0 aromatic carbocycles. The van der Waals surface area contributed by atoms with Crippen LogP contribution in [0.2, 0.25) is 0 Å². The third kappa shape index (κ3) is 3.84. The van der Waals surface area contributed by atoms with E-state index < -0.39 is 10.8 Å². The van der Waals surface area contributed by atoms with Crippen molar-refractivity contribution in [2.24, 2.45) is 5.92 Å². The minimum atomic E-state index is -0.642. The molecule has 1 atom stereocenters. The van der Waals surface area contributed by atoms with Crippen LogP contribution in [0, 0.1) is 5.92 Å². The van der Waals surface area contributed by atoms with Crippen molar-refractivity contribution in [1.29, 1.82) is 0 Å². The molecule has 1 rings (SSSR count). The highest BCUT2D eigenvalue weighted by atomic mass is 32.2. The molecule has 1 aliphatic heterocycles. The fourth-order valence-corrected chi connectivity index (χ4v) is 1.45. The van der Waals surface area contributed by atoms with Crippen molar-refractivity contribution in [3.05, 3.63) is 0 Å². The van der Waals surface area contributed by atoms with Gasteiger partial charge in [0.05, 0.1) is 0 Å². The Balaban J connectivity index is 1.83. The van der Waals surface area contributed by atoms with Crippen LogP contribution in [0.15, 0.2) is 0 Å². The summed E-state index contributed by atoms with van der Waals surface area (Å²) in [5.41, 5.74) is 0. The first kappa shape index (κ1) is 9.16. The molecule has 0 spiro atoms. The summed E-state index contributed by atoms with van der Waals surface area (Å²) in [4.78, 5) is 0. The van der Waals surface area contributed by atoms with E-state index in [1.54, 1.807) is 6.26 Å². The molecule has 0 radical (unpaired) electrons. The Bertz CT molecular complexity index is 136. The summed E-state index contributed by atoms with van der Waals surface area (Å²) in [6.45, 7) is 4.24. The average molecular weight is 176 g/mol. The van der Waals surface area contributed by atoms with E-state index in [-0.39, 0.29) is 0 Å². The molecule has 1 aliphatic rings. The Kier molecular flexibility index (Phi) is 4.04. The van der Waals surface area contributed by atoms with Gasteiger partial charge in [0, 0.05) is 49.0 Å². The number of rotatable bonds is 5. The zero-order chi connectivity index (χ0) is 8.10. The first-order chi connectivity index (χ1) is 5.29. The fourth-order valence-electron chi connectivity index (χ4n) is 1.01. The van der Waals surface area contributed by atoms with Gasteiger partial charge in [-0.2, -0.15) is 0 Å². The van der Waals surface area contributed by atoms with Crippen LogP contribution in [-0.2, 0) is 10.8 Å². The van der Waals surface area contributed by atoms with E-state index in [1.807, 2.05) is 0 Å². The van der Waals surface area contributed by atoms with Crippen LogP contribution in [0.25, 0.3) is 0 Å². The van der Waals surface area contributed by atoms with Gasteiger partial charge in [0.1, 0.15) is 0 Å². The van der Waals surface area contributed by atoms with Crippen LogP contribution in [0.5, 0.6) is 0 Å². The molecule has 0 saturated carbocycles. The van der Waals surface area contributed by atoms with Gasteiger partial charge < -0.3 is 10.6 Å². The molecule has 1 heterocycles. The number of nitrogens with one attached hydrogen (secondary N) is 2. The second kappa shape index (κ2) is 4.85.